The summed E-state index contributed by atoms with van der Waals surface area (Å²) in [5, 5.41) is 10.2. The van der Waals surface area contributed by atoms with Crippen molar-refractivity contribution < 1.29 is 13.9 Å². The van der Waals surface area contributed by atoms with Crippen LogP contribution in [0.25, 0.3) is 10.8 Å². The van der Waals surface area contributed by atoms with Crippen LogP contribution in [-0.2, 0) is 4.74 Å². The highest BCUT2D eigenvalue weighted by Gasteiger charge is 2.23. The average molecular weight is 369 g/mol. The Labute approximate surface area is 145 Å². The number of nitrogens with zero attached hydrogens (tertiary/aromatic N) is 2. The third-order valence-electron chi connectivity index (χ3n) is 2.97. The molecule has 0 spiro atoms. The van der Waals surface area contributed by atoms with Gasteiger partial charge >= 0.3 is 5.97 Å². The summed E-state index contributed by atoms with van der Waals surface area (Å²) in [4.78, 5) is 13.1. The molecule has 0 aliphatic rings. The highest BCUT2D eigenvalue weighted by atomic mass is 35.5. The number of carbonyl (C=O) groups excluding carboxylic acids is 1. The summed E-state index contributed by atoms with van der Waals surface area (Å²) in [5.41, 5.74) is 0.112. The standard InChI is InChI=1S/C15H10Cl2N2O3S/c1-8(13-18-19-14(22-13)11-6-3-7-23-11)21-15(20)12-9(16)4-2-5-10(12)17/h2-8H,1H3/t8-/m0/s1. The number of benzene rings is 1. The Bertz CT molecular complexity index is 813. The van der Waals surface area contributed by atoms with E-state index in [1.165, 1.54) is 11.3 Å². The van der Waals surface area contributed by atoms with Gasteiger partial charge in [-0.3, -0.25) is 0 Å². The summed E-state index contributed by atoms with van der Waals surface area (Å²) >= 11 is 13.5. The molecule has 0 radical (unpaired) electrons. The first-order valence-corrected chi connectivity index (χ1v) is 8.22. The molecule has 0 aliphatic carbocycles. The van der Waals surface area contributed by atoms with E-state index < -0.39 is 12.1 Å². The van der Waals surface area contributed by atoms with Crippen LogP contribution in [0.5, 0.6) is 0 Å². The quantitative estimate of drug-likeness (QED) is 0.604. The molecule has 0 N–H and O–H groups in total. The fourth-order valence-electron chi connectivity index (χ4n) is 1.86. The van der Waals surface area contributed by atoms with Crippen LogP contribution in [0.15, 0.2) is 40.1 Å². The Hall–Kier alpha value is -1.89. The van der Waals surface area contributed by atoms with Crippen molar-refractivity contribution in [3.63, 3.8) is 0 Å². The lowest BCUT2D eigenvalue weighted by atomic mass is 10.2. The van der Waals surface area contributed by atoms with Gasteiger partial charge in [-0.1, -0.05) is 35.3 Å². The molecule has 2 aromatic heterocycles. The monoisotopic (exact) mass is 368 g/mol. The molecule has 1 atom stereocenters. The van der Waals surface area contributed by atoms with E-state index in [0.29, 0.717) is 5.89 Å². The number of rotatable bonds is 4. The number of ether oxygens (including phenoxy) is 1. The average Bonchev–Trinajstić information content (AvgIpc) is 3.18. The molecule has 0 unspecified atom stereocenters. The Morgan fingerprint density at radius 2 is 1.96 bits per heavy atom. The molecule has 5 nitrogen and oxygen atoms in total. The lowest BCUT2D eigenvalue weighted by Crippen LogP contribution is -2.10. The maximum atomic E-state index is 12.2. The minimum absolute atomic E-state index is 0.112. The first-order valence-electron chi connectivity index (χ1n) is 6.58. The first-order chi connectivity index (χ1) is 11.1. The van der Waals surface area contributed by atoms with Crippen LogP contribution in [0.1, 0.15) is 29.3 Å². The molecule has 3 rings (SSSR count). The van der Waals surface area contributed by atoms with Gasteiger partial charge in [-0.05, 0) is 30.5 Å². The lowest BCUT2D eigenvalue weighted by molar-refractivity contribution is 0.0280. The highest BCUT2D eigenvalue weighted by Crippen LogP contribution is 2.29. The third-order valence-corrected chi connectivity index (χ3v) is 4.46. The molecular formula is C15H10Cl2N2O3S. The first kappa shape index (κ1) is 16.0. The van der Waals surface area contributed by atoms with Crippen LogP contribution in [0.3, 0.4) is 0 Å². The number of carbonyl (C=O) groups is 1. The molecule has 3 aromatic rings. The van der Waals surface area contributed by atoms with Crippen LogP contribution in [0.4, 0.5) is 0 Å². The Kier molecular flexibility index (Phi) is 4.66. The van der Waals surface area contributed by atoms with Crippen molar-refractivity contribution in [2.75, 3.05) is 0 Å². The fourth-order valence-corrected chi connectivity index (χ4v) is 3.06. The van der Waals surface area contributed by atoms with Crippen molar-refractivity contribution in [1.29, 1.82) is 0 Å². The van der Waals surface area contributed by atoms with E-state index >= 15 is 0 Å². The molecule has 23 heavy (non-hydrogen) atoms. The van der Waals surface area contributed by atoms with Gasteiger partial charge < -0.3 is 9.15 Å². The van der Waals surface area contributed by atoms with Gasteiger partial charge in [0.15, 0.2) is 6.10 Å². The van der Waals surface area contributed by atoms with Crippen molar-refractivity contribution in [3.05, 3.63) is 57.2 Å². The van der Waals surface area contributed by atoms with Crippen molar-refractivity contribution in [2.45, 2.75) is 13.0 Å². The molecule has 8 heteroatoms. The molecule has 0 amide bonds. The zero-order valence-corrected chi connectivity index (χ0v) is 14.2. The van der Waals surface area contributed by atoms with Crippen LogP contribution in [0.2, 0.25) is 10.0 Å². The zero-order chi connectivity index (χ0) is 16.4. The Balaban J connectivity index is 1.77. The second-order valence-corrected chi connectivity index (χ2v) is 6.33. The highest BCUT2D eigenvalue weighted by molar-refractivity contribution is 7.13. The zero-order valence-electron chi connectivity index (χ0n) is 11.8. The van der Waals surface area contributed by atoms with E-state index in [9.17, 15) is 4.79 Å². The van der Waals surface area contributed by atoms with E-state index in [1.54, 1.807) is 25.1 Å². The van der Waals surface area contributed by atoms with Gasteiger partial charge in [0, 0.05) is 0 Å². The third kappa shape index (κ3) is 3.39. The van der Waals surface area contributed by atoms with Crippen LogP contribution >= 0.6 is 34.5 Å². The molecular weight excluding hydrogens is 359 g/mol. The Morgan fingerprint density at radius 1 is 1.22 bits per heavy atom. The van der Waals surface area contributed by atoms with Gasteiger partial charge in [-0.2, -0.15) is 0 Å². The molecule has 0 saturated carbocycles. The smallest absolute Gasteiger partial charge is 0.341 e. The summed E-state index contributed by atoms with van der Waals surface area (Å²) in [7, 11) is 0. The topological polar surface area (TPSA) is 65.2 Å². The molecule has 1 aromatic carbocycles. The second kappa shape index (κ2) is 6.70. The molecule has 0 saturated heterocycles. The number of aromatic nitrogens is 2. The largest absolute Gasteiger partial charge is 0.449 e. The van der Waals surface area contributed by atoms with E-state index in [4.69, 9.17) is 32.4 Å². The number of halogens is 2. The Morgan fingerprint density at radius 3 is 2.61 bits per heavy atom. The summed E-state index contributed by atoms with van der Waals surface area (Å²) in [6, 6.07) is 8.53. The van der Waals surface area contributed by atoms with Gasteiger partial charge in [0.25, 0.3) is 11.8 Å². The van der Waals surface area contributed by atoms with Gasteiger partial charge in [0.1, 0.15) is 0 Å². The SMILES string of the molecule is C[C@H](OC(=O)c1c(Cl)cccc1Cl)c1nnc(-c2cccs2)o1. The van der Waals surface area contributed by atoms with Gasteiger partial charge in [-0.25, -0.2) is 4.79 Å². The maximum absolute atomic E-state index is 12.2. The number of esters is 1. The summed E-state index contributed by atoms with van der Waals surface area (Å²) in [6.07, 6.45) is -0.726. The molecule has 2 heterocycles. The second-order valence-electron chi connectivity index (χ2n) is 4.57. The number of hydrogen-bond acceptors (Lipinski definition) is 6. The van der Waals surface area contributed by atoms with Crippen molar-refractivity contribution >= 4 is 40.5 Å². The minimum atomic E-state index is -0.726. The molecule has 118 valence electrons. The van der Waals surface area contributed by atoms with Crippen molar-refractivity contribution in [1.82, 2.24) is 10.2 Å². The summed E-state index contributed by atoms with van der Waals surface area (Å²) in [5.74, 6) is -0.0671. The van der Waals surface area contributed by atoms with Crippen LogP contribution in [0, 0.1) is 0 Å². The summed E-state index contributed by atoms with van der Waals surface area (Å²) in [6.45, 7) is 1.63. The van der Waals surface area contributed by atoms with Crippen molar-refractivity contribution in [2.24, 2.45) is 0 Å². The van der Waals surface area contributed by atoms with E-state index in [2.05, 4.69) is 10.2 Å². The van der Waals surface area contributed by atoms with Crippen molar-refractivity contribution in [3.8, 4) is 10.8 Å². The minimum Gasteiger partial charge on any atom is -0.449 e. The predicted octanol–water partition coefficient (Wildman–Crippen LogP) is 5.02. The number of hydrogen-bond donors (Lipinski definition) is 0. The van der Waals surface area contributed by atoms with Gasteiger partial charge in [0.05, 0.1) is 20.5 Å². The molecule has 0 aliphatic heterocycles. The predicted molar refractivity (Wildman–Crippen MR) is 87.9 cm³/mol. The van der Waals surface area contributed by atoms with Gasteiger partial charge in [0.2, 0.25) is 0 Å². The molecule has 0 fully saturated rings. The lowest BCUT2D eigenvalue weighted by Gasteiger charge is -2.11. The van der Waals surface area contributed by atoms with Gasteiger partial charge in [-0.15, -0.1) is 21.5 Å². The van der Waals surface area contributed by atoms with Crippen LogP contribution in [-0.4, -0.2) is 16.2 Å². The normalized spacial score (nSPS) is 12.1. The van der Waals surface area contributed by atoms with E-state index in [1.807, 2.05) is 17.5 Å². The number of thiophene rings is 1. The molecule has 0 bridgehead atoms. The van der Waals surface area contributed by atoms with Crippen LogP contribution < -0.4 is 0 Å². The maximum Gasteiger partial charge on any atom is 0.341 e. The van der Waals surface area contributed by atoms with E-state index in [-0.39, 0.29) is 21.5 Å². The van der Waals surface area contributed by atoms with E-state index in [0.717, 1.165) is 4.88 Å². The fraction of sp³-hybridized carbons (Fsp3) is 0.133. The summed E-state index contributed by atoms with van der Waals surface area (Å²) < 4.78 is 10.8.